The SMILES string of the molecule is CC(C)=CCNS(=O)(=O)c1ccc(F)cc1N. The van der Waals surface area contributed by atoms with Crippen molar-refractivity contribution < 1.29 is 12.8 Å². The van der Waals surface area contributed by atoms with Crippen LogP contribution in [0.1, 0.15) is 13.8 Å². The van der Waals surface area contributed by atoms with E-state index in [1.807, 2.05) is 13.8 Å². The number of rotatable bonds is 4. The number of allylic oxidation sites excluding steroid dienone is 1. The van der Waals surface area contributed by atoms with Gasteiger partial charge in [-0.1, -0.05) is 11.6 Å². The number of anilines is 1. The lowest BCUT2D eigenvalue weighted by Gasteiger charge is -2.07. The van der Waals surface area contributed by atoms with Crippen LogP contribution >= 0.6 is 0 Å². The molecule has 1 rings (SSSR count). The largest absolute Gasteiger partial charge is 0.398 e. The average molecular weight is 258 g/mol. The van der Waals surface area contributed by atoms with Crippen LogP contribution in [0.5, 0.6) is 0 Å². The minimum atomic E-state index is -3.69. The van der Waals surface area contributed by atoms with Gasteiger partial charge in [0.2, 0.25) is 10.0 Å². The van der Waals surface area contributed by atoms with Gasteiger partial charge in [0.1, 0.15) is 10.7 Å². The maximum absolute atomic E-state index is 12.8. The van der Waals surface area contributed by atoms with Crippen molar-refractivity contribution in [1.82, 2.24) is 4.72 Å². The van der Waals surface area contributed by atoms with Crippen LogP contribution < -0.4 is 10.5 Å². The molecule has 0 saturated carbocycles. The summed E-state index contributed by atoms with van der Waals surface area (Å²) in [5.41, 5.74) is 6.36. The van der Waals surface area contributed by atoms with Crippen molar-refractivity contribution in [3.63, 3.8) is 0 Å². The molecule has 94 valence electrons. The van der Waals surface area contributed by atoms with E-state index in [1.54, 1.807) is 6.08 Å². The molecule has 0 amide bonds. The summed E-state index contributed by atoms with van der Waals surface area (Å²) in [5, 5.41) is 0. The minimum absolute atomic E-state index is 0.102. The van der Waals surface area contributed by atoms with Crippen molar-refractivity contribution in [2.45, 2.75) is 18.7 Å². The zero-order valence-electron chi connectivity index (χ0n) is 9.70. The first kappa shape index (κ1) is 13.7. The van der Waals surface area contributed by atoms with Gasteiger partial charge in [-0.15, -0.1) is 0 Å². The number of nitrogens with two attached hydrogens (primary N) is 1. The highest BCUT2D eigenvalue weighted by atomic mass is 32.2. The second kappa shape index (κ2) is 5.29. The van der Waals surface area contributed by atoms with Crippen molar-refractivity contribution in [2.24, 2.45) is 0 Å². The first-order valence-corrected chi connectivity index (χ1v) is 6.49. The van der Waals surface area contributed by atoms with Gasteiger partial charge in [-0.25, -0.2) is 17.5 Å². The Balaban J connectivity index is 2.94. The molecule has 0 fully saturated rings. The van der Waals surface area contributed by atoms with Crippen LogP contribution in [0.3, 0.4) is 0 Å². The summed E-state index contributed by atoms with van der Waals surface area (Å²) in [7, 11) is -3.69. The summed E-state index contributed by atoms with van der Waals surface area (Å²) in [4.78, 5) is -0.110. The normalized spacial score (nSPS) is 11.2. The molecule has 0 aliphatic carbocycles. The van der Waals surface area contributed by atoms with Crippen LogP contribution in [0.4, 0.5) is 10.1 Å². The van der Waals surface area contributed by atoms with Gasteiger partial charge in [-0.05, 0) is 32.0 Å². The molecule has 0 bridgehead atoms. The molecule has 0 atom stereocenters. The molecule has 4 nitrogen and oxygen atoms in total. The van der Waals surface area contributed by atoms with E-state index >= 15 is 0 Å². The molecular formula is C11H15FN2O2S. The highest BCUT2D eigenvalue weighted by Gasteiger charge is 2.16. The maximum atomic E-state index is 12.8. The van der Waals surface area contributed by atoms with E-state index in [4.69, 9.17) is 5.73 Å². The second-order valence-corrected chi connectivity index (χ2v) is 5.55. The fourth-order valence-electron chi connectivity index (χ4n) is 1.20. The van der Waals surface area contributed by atoms with E-state index in [0.29, 0.717) is 0 Å². The molecule has 1 aromatic carbocycles. The topological polar surface area (TPSA) is 72.2 Å². The fourth-order valence-corrected chi connectivity index (χ4v) is 2.27. The lowest BCUT2D eigenvalue weighted by Crippen LogP contribution is -2.24. The summed E-state index contributed by atoms with van der Waals surface area (Å²) >= 11 is 0. The van der Waals surface area contributed by atoms with E-state index in [0.717, 1.165) is 23.8 Å². The fraction of sp³-hybridized carbons (Fsp3) is 0.273. The van der Waals surface area contributed by atoms with Crippen molar-refractivity contribution >= 4 is 15.7 Å². The van der Waals surface area contributed by atoms with Crippen LogP contribution in [0.15, 0.2) is 34.7 Å². The van der Waals surface area contributed by atoms with E-state index in [9.17, 15) is 12.8 Å². The smallest absolute Gasteiger partial charge is 0.242 e. The molecule has 0 spiro atoms. The van der Waals surface area contributed by atoms with Gasteiger partial charge in [0.05, 0.1) is 5.69 Å². The first-order chi connectivity index (χ1) is 7.83. The third-order valence-electron chi connectivity index (χ3n) is 2.05. The van der Waals surface area contributed by atoms with Gasteiger partial charge < -0.3 is 5.73 Å². The van der Waals surface area contributed by atoms with Crippen LogP contribution in [-0.4, -0.2) is 15.0 Å². The summed E-state index contributed by atoms with van der Waals surface area (Å²) < 4.78 is 38.8. The molecule has 0 aromatic heterocycles. The molecule has 0 unspecified atom stereocenters. The molecule has 0 radical (unpaired) electrons. The van der Waals surface area contributed by atoms with Crippen LogP contribution in [-0.2, 0) is 10.0 Å². The molecule has 0 heterocycles. The van der Waals surface area contributed by atoms with Crippen molar-refractivity contribution in [1.29, 1.82) is 0 Å². The zero-order chi connectivity index (χ0) is 13.1. The third-order valence-corrected chi connectivity index (χ3v) is 3.54. The zero-order valence-corrected chi connectivity index (χ0v) is 10.5. The third kappa shape index (κ3) is 3.83. The minimum Gasteiger partial charge on any atom is -0.398 e. The standard InChI is InChI=1S/C11H15FN2O2S/c1-8(2)5-6-14-17(15,16)11-4-3-9(12)7-10(11)13/h3-5,7,14H,6,13H2,1-2H3. The summed E-state index contributed by atoms with van der Waals surface area (Å²) in [5.74, 6) is -0.564. The number of benzene rings is 1. The predicted octanol–water partition coefficient (Wildman–Crippen LogP) is 1.65. The Labute approximate surface area is 100 Å². The van der Waals surface area contributed by atoms with Gasteiger partial charge >= 0.3 is 0 Å². The van der Waals surface area contributed by atoms with Gasteiger partial charge in [0.15, 0.2) is 0 Å². The number of nitrogen functional groups attached to an aromatic ring is 1. The number of nitrogens with one attached hydrogen (secondary N) is 1. The lowest BCUT2D eigenvalue weighted by molar-refractivity contribution is 0.585. The van der Waals surface area contributed by atoms with Gasteiger partial charge in [0.25, 0.3) is 0 Å². The predicted molar refractivity (Wildman–Crippen MR) is 65.4 cm³/mol. The molecule has 0 aliphatic rings. The van der Waals surface area contributed by atoms with Crippen LogP contribution in [0.25, 0.3) is 0 Å². The Kier molecular flexibility index (Phi) is 4.25. The lowest BCUT2D eigenvalue weighted by atomic mass is 10.3. The van der Waals surface area contributed by atoms with Crippen LogP contribution in [0, 0.1) is 5.82 Å². The number of hydrogen-bond acceptors (Lipinski definition) is 3. The number of hydrogen-bond donors (Lipinski definition) is 2. The van der Waals surface area contributed by atoms with Crippen LogP contribution in [0.2, 0.25) is 0 Å². The van der Waals surface area contributed by atoms with E-state index in [2.05, 4.69) is 4.72 Å². The molecule has 0 saturated heterocycles. The Bertz CT molecular complexity index is 534. The molecule has 17 heavy (non-hydrogen) atoms. The van der Waals surface area contributed by atoms with Crippen molar-refractivity contribution in [2.75, 3.05) is 12.3 Å². The monoisotopic (exact) mass is 258 g/mol. The molecule has 6 heteroatoms. The highest BCUT2D eigenvalue weighted by molar-refractivity contribution is 7.89. The molecule has 3 N–H and O–H groups in total. The quantitative estimate of drug-likeness (QED) is 0.637. The van der Waals surface area contributed by atoms with E-state index in [-0.39, 0.29) is 17.1 Å². The van der Waals surface area contributed by atoms with E-state index in [1.165, 1.54) is 0 Å². The number of sulfonamides is 1. The highest BCUT2D eigenvalue weighted by Crippen LogP contribution is 2.18. The molecule has 1 aromatic rings. The second-order valence-electron chi connectivity index (χ2n) is 3.82. The average Bonchev–Trinajstić information content (AvgIpc) is 2.15. The Morgan fingerprint density at radius 1 is 1.47 bits per heavy atom. The number of halogens is 1. The van der Waals surface area contributed by atoms with Gasteiger partial charge in [0, 0.05) is 6.54 Å². The summed E-state index contributed by atoms with van der Waals surface area (Å²) in [6.07, 6.45) is 1.73. The Morgan fingerprint density at radius 3 is 2.65 bits per heavy atom. The Hall–Kier alpha value is -1.40. The molecule has 0 aliphatic heterocycles. The summed E-state index contributed by atoms with van der Waals surface area (Å²) in [6.45, 7) is 3.91. The van der Waals surface area contributed by atoms with Crippen molar-refractivity contribution in [3.8, 4) is 0 Å². The van der Waals surface area contributed by atoms with E-state index < -0.39 is 15.8 Å². The Morgan fingerprint density at radius 2 is 2.12 bits per heavy atom. The maximum Gasteiger partial charge on any atom is 0.242 e. The first-order valence-electron chi connectivity index (χ1n) is 5.01. The van der Waals surface area contributed by atoms with Gasteiger partial charge in [-0.2, -0.15) is 0 Å². The molecular weight excluding hydrogens is 243 g/mol. The van der Waals surface area contributed by atoms with Gasteiger partial charge in [-0.3, -0.25) is 0 Å². The van der Waals surface area contributed by atoms with Crippen molar-refractivity contribution in [3.05, 3.63) is 35.7 Å². The summed E-state index contributed by atoms with van der Waals surface area (Å²) in [6, 6.07) is 3.19.